The maximum Gasteiger partial charge on any atom is 0.161 e. The lowest BCUT2D eigenvalue weighted by molar-refractivity contribution is 0.210. The molecule has 4 heteroatoms. The first kappa shape index (κ1) is 14.7. The SMILES string of the molecule is COc1ccccc1OCCOc1ccc(C)cc1Br. The highest BCUT2D eigenvalue weighted by Crippen LogP contribution is 2.27. The van der Waals surface area contributed by atoms with Crippen molar-refractivity contribution in [3.05, 3.63) is 52.5 Å². The molecule has 2 aromatic rings. The highest BCUT2D eigenvalue weighted by atomic mass is 79.9. The molecule has 2 aromatic carbocycles. The van der Waals surface area contributed by atoms with Gasteiger partial charge in [-0.25, -0.2) is 0 Å². The first-order valence-electron chi connectivity index (χ1n) is 6.35. The molecule has 20 heavy (non-hydrogen) atoms. The van der Waals surface area contributed by atoms with E-state index in [0.29, 0.717) is 13.2 Å². The normalized spacial score (nSPS) is 10.2. The van der Waals surface area contributed by atoms with Crippen molar-refractivity contribution >= 4 is 15.9 Å². The minimum absolute atomic E-state index is 0.459. The van der Waals surface area contributed by atoms with Crippen LogP contribution in [0.2, 0.25) is 0 Å². The molecule has 0 aliphatic heterocycles. The third kappa shape index (κ3) is 3.90. The van der Waals surface area contributed by atoms with Crippen molar-refractivity contribution in [2.45, 2.75) is 6.92 Å². The van der Waals surface area contributed by atoms with E-state index in [1.54, 1.807) is 7.11 Å². The maximum absolute atomic E-state index is 5.67. The number of methoxy groups -OCH3 is 1. The summed E-state index contributed by atoms with van der Waals surface area (Å²) in [5.41, 5.74) is 1.19. The molecule has 0 saturated carbocycles. The molecule has 0 heterocycles. The van der Waals surface area contributed by atoms with Gasteiger partial charge in [-0.15, -0.1) is 0 Å². The van der Waals surface area contributed by atoms with Gasteiger partial charge in [-0.3, -0.25) is 0 Å². The second-order valence-corrected chi connectivity index (χ2v) is 5.14. The molecule has 0 fully saturated rings. The zero-order chi connectivity index (χ0) is 14.4. The van der Waals surface area contributed by atoms with Gasteiger partial charge in [0.15, 0.2) is 11.5 Å². The van der Waals surface area contributed by atoms with Crippen molar-refractivity contribution < 1.29 is 14.2 Å². The fraction of sp³-hybridized carbons (Fsp3) is 0.250. The Morgan fingerprint density at radius 3 is 2.20 bits per heavy atom. The standard InChI is InChI=1S/C16H17BrO3/c1-12-7-8-14(13(17)11-12)19-9-10-20-16-6-4-3-5-15(16)18-2/h3-8,11H,9-10H2,1-2H3. The molecule has 0 unspecified atom stereocenters. The number of ether oxygens (including phenoxy) is 3. The molecule has 0 radical (unpaired) electrons. The van der Waals surface area contributed by atoms with Gasteiger partial charge in [0, 0.05) is 0 Å². The lowest BCUT2D eigenvalue weighted by atomic mass is 10.2. The van der Waals surface area contributed by atoms with E-state index in [1.807, 2.05) is 49.4 Å². The molecule has 0 aliphatic rings. The number of hydrogen-bond donors (Lipinski definition) is 0. The molecule has 3 nitrogen and oxygen atoms in total. The van der Waals surface area contributed by atoms with Crippen LogP contribution < -0.4 is 14.2 Å². The topological polar surface area (TPSA) is 27.7 Å². The van der Waals surface area contributed by atoms with E-state index in [0.717, 1.165) is 21.7 Å². The minimum Gasteiger partial charge on any atom is -0.493 e. The van der Waals surface area contributed by atoms with E-state index in [9.17, 15) is 0 Å². The molecule has 0 aliphatic carbocycles. The summed E-state index contributed by atoms with van der Waals surface area (Å²) in [4.78, 5) is 0. The quantitative estimate of drug-likeness (QED) is 0.739. The first-order chi connectivity index (χ1) is 9.70. The van der Waals surface area contributed by atoms with Gasteiger partial charge in [-0.1, -0.05) is 18.2 Å². The molecule has 2 rings (SSSR count). The molecule has 0 aromatic heterocycles. The Bertz CT molecular complexity index is 569. The number of halogens is 1. The predicted molar refractivity (Wildman–Crippen MR) is 82.9 cm³/mol. The van der Waals surface area contributed by atoms with E-state index < -0.39 is 0 Å². The van der Waals surface area contributed by atoms with Crippen LogP contribution in [0.15, 0.2) is 46.9 Å². The monoisotopic (exact) mass is 336 g/mol. The third-order valence-electron chi connectivity index (χ3n) is 2.75. The highest BCUT2D eigenvalue weighted by molar-refractivity contribution is 9.10. The van der Waals surface area contributed by atoms with Crippen LogP contribution in [0, 0.1) is 6.92 Å². The van der Waals surface area contributed by atoms with Crippen molar-refractivity contribution in [2.24, 2.45) is 0 Å². The van der Waals surface area contributed by atoms with Gasteiger partial charge in [-0.2, -0.15) is 0 Å². The lowest BCUT2D eigenvalue weighted by Crippen LogP contribution is -2.09. The van der Waals surface area contributed by atoms with Crippen molar-refractivity contribution in [1.82, 2.24) is 0 Å². The van der Waals surface area contributed by atoms with Crippen LogP contribution in [0.1, 0.15) is 5.56 Å². The van der Waals surface area contributed by atoms with E-state index >= 15 is 0 Å². The Labute approximate surface area is 127 Å². The summed E-state index contributed by atoms with van der Waals surface area (Å²) in [5.74, 6) is 2.27. The lowest BCUT2D eigenvalue weighted by Gasteiger charge is -2.12. The summed E-state index contributed by atoms with van der Waals surface area (Å²) in [6, 6.07) is 13.5. The Kier molecular flexibility index (Phi) is 5.30. The minimum atomic E-state index is 0.459. The van der Waals surface area contributed by atoms with Gasteiger partial charge < -0.3 is 14.2 Å². The number of hydrogen-bond acceptors (Lipinski definition) is 3. The molecule has 106 valence electrons. The molecule has 0 N–H and O–H groups in total. The Balaban J connectivity index is 1.84. The number of aryl methyl sites for hydroxylation is 1. The fourth-order valence-electron chi connectivity index (χ4n) is 1.76. The van der Waals surface area contributed by atoms with Crippen molar-refractivity contribution in [3.8, 4) is 17.2 Å². The highest BCUT2D eigenvalue weighted by Gasteiger charge is 2.04. The van der Waals surface area contributed by atoms with Gasteiger partial charge in [0.25, 0.3) is 0 Å². The summed E-state index contributed by atoms with van der Waals surface area (Å²) in [7, 11) is 1.63. The van der Waals surface area contributed by atoms with Crippen LogP contribution >= 0.6 is 15.9 Å². The number of benzene rings is 2. The Hall–Kier alpha value is -1.68. The van der Waals surface area contributed by atoms with Crippen LogP contribution in [0.5, 0.6) is 17.2 Å². The molecule has 0 spiro atoms. The average molecular weight is 337 g/mol. The summed E-state index contributed by atoms with van der Waals surface area (Å²) in [6.07, 6.45) is 0. The Morgan fingerprint density at radius 2 is 1.55 bits per heavy atom. The molecule has 0 atom stereocenters. The van der Waals surface area contributed by atoms with Gasteiger partial charge in [-0.05, 0) is 52.7 Å². The van der Waals surface area contributed by atoms with E-state index in [1.165, 1.54) is 5.56 Å². The van der Waals surface area contributed by atoms with Crippen molar-refractivity contribution in [1.29, 1.82) is 0 Å². The van der Waals surface area contributed by atoms with E-state index in [2.05, 4.69) is 15.9 Å². The first-order valence-corrected chi connectivity index (χ1v) is 7.15. The zero-order valence-electron chi connectivity index (χ0n) is 11.6. The molecular formula is C16H17BrO3. The summed E-state index contributed by atoms with van der Waals surface area (Å²) < 4.78 is 17.5. The largest absolute Gasteiger partial charge is 0.493 e. The average Bonchev–Trinajstić information content (AvgIpc) is 2.46. The van der Waals surface area contributed by atoms with Crippen molar-refractivity contribution in [3.63, 3.8) is 0 Å². The van der Waals surface area contributed by atoms with Crippen molar-refractivity contribution in [2.75, 3.05) is 20.3 Å². The second-order valence-electron chi connectivity index (χ2n) is 4.28. The second kappa shape index (κ2) is 7.20. The van der Waals surface area contributed by atoms with Crippen LogP contribution in [-0.4, -0.2) is 20.3 Å². The molecule has 0 saturated heterocycles. The molecule has 0 amide bonds. The summed E-state index contributed by atoms with van der Waals surface area (Å²) >= 11 is 3.48. The fourth-order valence-corrected chi connectivity index (χ4v) is 2.37. The van der Waals surface area contributed by atoms with Gasteiger partial charge in [0.1, 0.15) is 19.0 Å². The number of rotatable bonds is 6. The molecule has 0 bridgehead atoms. The zero-order valence-corrected chi connectivity index (χ0v) is 13.1. The van der Waals surface area contributed by atoms with Crippen LogP contribution in [0.3, 0.4) is 0 Å². The smallest absolute Gasteiger partial charge is 0.161 e. The number of para-hydroxylation sites is 2. The van der Waals surface area contributed by atoms with E-state index in [4.69, 9.17) is 14.2 Å². The Morgan fingerprint density at radius 1 is 0.900 bits per heavy atom. The molecular weight excluding hydrogens is 320 g/mol. The van der Waals surface area contributed by atoms with Crippen LogP contribution in [0.25, 0.3) is 0 Å². The van der Waals surface area contributed by atoms with Crippen LogP contribution in [0.4, 0.5) is 0 Å². The summed E-state index contributed by atoms with van der Waals surface area (Å²) in [6.45, 7) is 2.97. The van der Waals surface area contributed by atoms with E-state index in [-0.39, 0.29) is 0 Å². The van der Waals surface area contributed by atoms with Gasteiger partial charge in [0.05, 0.1) is 11.6 Å². The maximum atomic E-state index is 5.67. The summed E-state index contributed by atoms with van der Waals surface area (Å²) in [5, 5.41) is 0. The van der Waals surface area contributed by atoms with Gasteiger partial charge in [0.2, 0.25) is 0 Å². The van der Waals surface area contributed by atoms with Gasteiger partial charge >= 0.3 is 0 Å². The third-order valence-corrected chi connectivity index (χ3v) is 3.37. The van der Waals surface area contributed by atoms with Crippen LogP contribution in [-0.2, 0) is 0 Å². The predicted octanol–water partition coefficient (Wildman–Crippen LogP) is 4.22.